The topological polar surface area (TPSA) is 32.8 Å². The van der Waals surface area contributed by atoms with Crippen molar-refractivity contribution in [1.29, 1.82) is 0 Å². The van der Waals surface area contributed by atoms with E-state index in [9.17, 15) is 4.79 Å². The van der Waals surface area contributed by atoms with Crippen molar-refractivity contribution in [1.82, 2.24) is 4.90 Å². The van der Waals surface area contributed by atoms with Gasteiger partial charge in [0.1, 0.15) is 5.75 Å². The Balaban J connectivity index is 1.35. The Morgan fingerprint density at radius 3 is 2.19 bits per heavy atom. The van der Waals surface area contributed by atoms with Crippen LogP contribution in [0.25, 0.3) is 0 Å². The number of nitrogens with zero attached hydrogens (tertiary/aromatic N) is 2. The molecule has 2 atom stereocenters. The lowest BCUT2D eigenvalue weighted by Gasteiger charge is -2.45. The smallest absolute Gasteiger partial charge is 0.258 e. The Morgan fingerprint density at radius 1 is 0.861 bits per heavy atom. The van der Waals surface area contributed by atoms with Gasteiger partial charge in [0.15, 0.2) is 0 Å². The summed E-state index contributed by atoms with van der Waals surface area (Å²) in [7, 11) is 1.66. The Morgan fingerprint density at radius 2 is 1.53 bits per heavy atom. The number of rotatable bonds is 6. The number of carbonyl (C=O) groups excluding carboxylic acids is 1. The van der Waals surface area contributed by atoms with E-state index < -0.39 is 0 Å². The summed E-state index contributed by atoms with van der Waals surface area (Å²) in [6.07, 6.45) is 7.07. The summed E-state index contributed by atoms with van der Waals surface area (Å²) < 4.78 is 5.36. The molecule has 2 aliphatic rings. The molecular formula is C31H35ClN2O2. The van der Waals surface area contributed by atoms with Crippen LogP contribution in [0.2, 0.25) is 5.02 Å². The van der Waals surface area contributed by atoms with Crippen LogP contribution in [0.1, 0.15) is 60.4 Å². The monoisotopic (exact) mass is 502 g/mol. The van der Waals surface area contributed by atoms with E-state index in [0.717, 1.165) is 37.4 Å². The Labute approximate surface area is 219 Å². The van der Waals surface area contributed by atoms with Gasteiger partial charge in [-0.3, -0.25) is 9.69 Å². The third-order valence-corrected chi connectivity index (χ3v) is 8.20. The first-order valence-corrected chi connectivity index (χ1v) is 13.5. The molecule has 4 nitrogen and oxygen atoms in total. The van der Waals surface area contributed by atoms with Crippen LogP contribution in [0.15, 0.2) is 78.9 Å². The number of piperidine rings is 1. The molecule has 188 valence electrons. The maximum absolute atomic E-state index is 13.8. The average molecular weight is 503 g/mol. The molecule has 1 aliphatic carbocycles. The van der Waals surface area contributed by atoms with Crippen molar-refractivity contribution in [3.05, 3.63) is 95.0 Å². The number of amides is 1. The van der Waals surface area contributed by atoms with Crippen molar-refractivity contribution >= 4 is 23.2 Å². The Hall–Kier alpha value is -2.82. The lowest BCUT2D eigenvalue weighted by Crippen LogP contribution is -2.51. The van der Waals surface area contributed by atoms with Crippen molar-refractivity contribution in [3.8, 4) is 5.75 Å². The van der Waals surface area contributed by atoms with Crippen molar-refractivity contribution in [2.75, 3.05) is 25.1 Å². The molecule has 36 heavy (non-hydrogen) atoms. The minimum absolute atomic E-state index is 0.0233. The highest BCUT2D eigenvalue weighted by atomic mass is 35.5. The van der Waals surface area contributed by atoms with Gasteiger partial charge in [-0.2, -0.15) is 0 Å². The number of benzene rings is 3. The predicted octanol–water partition coefficient (Wildman–Crippen LogP) is 7.19. The van der Waals surface area contributed by atoms with E-state index in [2.05, 4.69) is 35.2 Å². The third kappa shape index (κ3) is 5.45. The standard InChI is InChI=1S/C31H35ClN2O2/c1-36-28-17-15-26(16-18-28)34(31(35)24-11-13-25(32)14-12-24)27-19-21-33(22-20-27)30-10-6-5-9-29(30)23-7-3-2-4-8-23/h2-4,7-8,11-18,27,29-30H,5-6,9-10,19-22H2,1H3. The number of methoxy groups -OCH3 is 1. The fourth-order valence-electron chi connectivity index (χ4n) is 6.08. The molecule has 1 amide bonds. The normalized spacial score (nSPS) is 21.2. The summed E-state index contributed by atoms with van der Waals surface area (Å²) in [4.78, 5) is 18.5. The molecule has 0 N–H and O–H groups in total. The van der Waals surface area contributed by atoms with Crippen LogP contribution in [0, 0.1) is 0 Å². The second-order valence-electron chi connectivity index (χ2n) is 10.0. The zero-order valence-electron chi connectivity index (χ0n) is 21.0. The number of anilines is 1. The van der Waals surface area contributed by atoms with E-state index in [1.807, 2.05) is 41.3 Å². The highest BCUT2D eigenvalue weighted by Crippen LogP contribution is 2.38. The molecule has 2 fully saturated rings. The largest absolute Gasteiger partial charge is 0.497 e. The number of halogens is 1. The first-order chi connectivity index (χ1) is 17.6. The van der Waals surface area contributed by atoms with Gasteiger partial charge >= 0.3 is 0 Å². The van der Waals surface area contributed by atoms with Gasteiger partial charge in [0.2, 0.25) is 0 Å². The van der Waals surface area contributed by atoms with Crippen LogP contribution in [0.3, 0.4) is 0 Å². The highest BCUT2D eigenvalue weighted by Gasteiger charge is 2.36. The fraction of sp³-hybridized carbons (Fsp3) is 0.387. The number of ether oxygens (including phenoxy) is 1. The number of likely N-dealkylation sites (tertiary alicyclic amines) is 1. The quantitative estimate of drug-likeness (QED) is 0.357. The minimum Gasteiger partial charge on any atom is -0.497 e. The summed E-state index contributed by atoms with van der Waals surface area (Å²) in [6.45, 7) is 2.03. The summed E-state index contributed by atoms with van der Waals surface area (Å²) in [5.74, 6) is 1.41. The van der Waals surface area contributed by atoms with E-state index in [4.69, 9.17) is 16.3 Å². The molecule has 1 heterocycles. The van der Waals surface area contributed by atoms with E-state index in [0.29, 0.717) is 22.5 Å². The molecular weight excluding hydrogens is 468 g/mol. The van der Waals surface area contributed by atoms with Gasteiger partial charge in [0.25, 0.3) is 5.91 Å². The molecule has 0 spiro atoms. The minimum atomic E-state index is 0.0233. The summed E-state index contributed by atoms with van der Waals surface area (Å²) in [6, 6.07) is 26.8. The second kappa shape index (κ2) is 11.5. The van der Waals surface area contributed by atoms with Crippen LogP contribution in [-0.2, 0) is 0 Å². The maximum Gasteiger partial charge on any atom is 0.258 e. The third-order valence-electron chi connectivity index (χ3n) is 7.95. The van der Waals surface area contributed by atoms with Gasteiger partial charge in [-0.15, -0.1) is 0 Å². The Bertz CT molecular complexity index is 1130. The molecule has 5 rings (SSSR count). The first-order valence-electron chi connectivity index (χ1n) is 13.2. The number of hydrogen-bond acceptors (Lipinski definition) is 3. The van der Waals surface area contributed by atoms with Crippen molar-refractivity contribution in [3.63, 3.8) is 0 Å². The predicted molar refractivity (Wildman–Crippen MR) is 147 cm³/mol. The van der Waals surface area contributed by atoms with Crippen LogP contribution >= 0.6 is 11.6 Å². The van der Waals surface area contributed by atoms with Gasteiger partial charge in [-0.25, -0.2) is 0 Å². The van der Waals surface area contributed by atoms with Gasteiger partial charge < -0.3 is 9.64 Å². The SMILES string of the molecule is COc1ccc(N(C(=O)c2ccc(Cl)cc2)C2CCN(C3CCCCC3c3ccccc3)CC2)cc1. The lowest BCUT2D eigenvalue weighted by molar-refractivity contribution is 0.0895. The number of carbonyl (C=O) groups is 1. The fourth-order valence-corrected chi connectivity index (χ4v) is 6.21. The van der Waals surface area contributed by atoms with Gasteiger partial charge in [-0.1, -0.05) is 54.8 Å². The molecule has 5 heteroatoms. The molecule has 1 aliphatic heterocycles. The van der Waals surface area contributed by atoms with Crippen LogP contribution < -0.4 is 9.64 Å². The van der Waals surface area contributed by atoms with Crippen molar-refractivity contribution in [2.45, 2.75) is 56.5 Å². The molecule has 0 bridgehead atoms. The van der Waals surface area contributed by atoms with Gasteiger partial charge in [-0.05, 0) is 85.7 Å². The molecule has 3 aromatic rings. The summed E-state index contributed by atoms with van der Waals surface area (Å²) in [5.41, 5.74) is 3.05. The molecule has 2 unspecified atom stereocenters. The molecule has 1 saturated heterocycles. The van der Waals surface area contributed by atoms with E-state index in [1.54, 1.807) is 19.2 Å². The highest BCUT2D eigenvalue weighted by molar-refractivity contribution is 6.30. The zero-order chi connectivity index (χ0) is 24.9. The molecule has 0 aromatic heterocycles. The summed E-state index contributed by atoms with van der Waals surface area (Å²) >= 11 is 6.10. The van der Waals surface area contributed by atoms with Crippen LogP contribution in [0.4, 0.5) is 5.69 Å². The Kier molecular flexibility index (Phi) is 7.93. The number of hydrogen-bond donors (Lipinski definition) is 0. The molecule has 1 saturated carbocycles. The van der Waals surface area contributed by atoms with E-state index in [-0.39, 0.29) is 11.9 Å². The molecule has 3 aromatic carbocycles. The van der Waals surface area contributed by atoms with Crippen molar-refractivity contribution in [2.24, 2.45) is 0 Å². The maximum atomic E-state index is 13.8. The molecule has 0 radical (unpaired) electrons. The van der Waals surface area contributed by atoms with Crippen LogP contribution in [-0.4, -0.2) is 43.1 Å². The van der Waals surface area contributed by atoms with E-state index >= 15 is 0 Å². The lowest BCUT2D eigenvalue weighted by atomic mass is 9.78. The van der Waals surface area contributed by atoms with E-state index in [1.165, 1.54) is 31.2 Å². The zero-order valence-corrected chi connectivity index (χ0v) is 21.7. The van der Waals surface area contributed by atoms with Crippen molar-refractivity contribution < 1.29 is 9.53 Å². The van der Waals surface area contributed by atoms with Crippen LogP contribution in [0.5, 0.6) is 5.75 Å². The van der Waals surface area contributed by atoms with Gasteiger partial charge in [0, 0.05) is 41.4 Å². The average Bonchev–Trinajstić information content (AvgIpc) is 2.95. The second-order valence-corrected chi connectivity index (χ2v) is 10.5. The summed E-state index contributed by atoms with van der Waals surface area (Å²) in [5, 5.41) is 0.635. The first kappa shape index (κ1) is 24.9. The van der Waals surface area contributed by atoms with Gasteiger partial charge in [0.05, 0.1) is 7.11 Å².